The van der Waals surface area contributed by atoms with E-state index in [2.05, 4.69) is 38.4 Å². The maximum atomic E-state index is 12.2. The molecule has 1 atom stereocenters. The second-order valence-corrected chi connectivity index (χ2v) is 5.67. The summed E-state index contributed by atoms with van der Waals surface area (Å²) in [6.45, 7) is 3.74. The van der Waals surface area contributed by atoms with Gasteiger partial charge in [-0.05, 0) is 54.1 Å². The molecule has 0 aliphatic rings. The van der Waals surface area contributed by atoms with Gasteiger partial charge in [-0.1, -0.05) is 18.1 Å². The minimum absolute atomic E-state index is 0.125. The first-order valence-corrected chi connectivity index (χ1v) is 7.42. The van der Waals surface area contributed by atoms with Crippen molar-refractivity contribution in [2.24, 2.45) is 0 Å². The van der Waals surface area contributed by atoms with Gasteiger partial charge >= 0.3 is 0 Å². The van der Waals surface area contributed by atoms with Crippen molar-refractivity contribution >= 4 is 40.0 Å². The molecule has 0 bridgehead atoms. The van der Waals surface area contributed by atoms with Crippen LogP contribution < -0.4 is 10.6 Å². The zero-order chi connectivity index (χ0) is 14.5. The van der Waals surface area contributed by atoms with Crippen molar-refractivity contribution in [3.63, 3.8) is 0 Å². The molecular weight excluding hydrogens is 369 g/mol. The highest BCUT2D eigenvalue weighted by Crippen LogP contribution is 2.15. The Bertz CT molecular complexity index is 598. The maximum Gasteiger partial charge on any atom is 0.248 e. The van der Waals surface area contributed by atoms with Gasteiger partial charge in [-0.15, -0.1) is 0 Å². The Morgan fingerprint density at radius 1 is 1.45 bits per heavy atom. The average molecular weight is 385 g/mol. The number of hydrogen-bond donors (Lipinski definition) is 2. The Morgan fingerprint density at radius 2 is 2.25 bits per heavy atom. The molecule has 1 heterocycles. The van der Waals surface area contributed by atoms with Gasteiger partial charge in [-0.25, -0.2) is 0 Å². The number of benzene rings is 1. The van der Waals surface area contributed by atoms with E-state index in [0.29, 0.717) is 18.0 Å². The fraction of sp³-hybridized carbons (Fsp3) is 0.286. The zero-order valence-electron chi connectivity index (χ0n) is 11.3. The smallest absolute Gasteiger partial charge is 0.248 e. The van der Waals surface area contributed by atoms with Crippen LogP contribution in [0, 0.1) is 10.5 Å². The third-order valence-electron chi connectivity index (χ3n) is 2.77. The molecule has 5 nitrogen and oxygen atoms in total. The summed E-state index contributed by atoms with van der Waals surface area (Å²) in [6.07, 6.45) is 0.675. The molecule has 0 saturated carbocycles. The zero-order valence-corrected chi connectivity index (χ0v) is 13.5. The lowest BCUT2D eigenvalue weighted by Gasteiger charge is -2.17. The van der Waals surface area contributed by atoms with E-state index in [0.717, 1.165) is 9.26 Å². The topological polar surface area (TPSA) is 67.2 Å². The Kier molecular flexibility index (Phi) is 4.99. The highest BCUT2D eigenvalue weighted by Gasteiger charge is 2.17. The minimum Gasteiger partial charge on any atom is -0.374 e. The molecule has 0 aliphatic heterocycles. The fourth-order valence-corrected chi connectivity index (χ4v) is 2.31. The van der Waals surface area contributed by atoms with Gasteiger partial charge in [0.1, 0.15) is 11.8 Å². The summed E-state index contributed by atoms with van der Waals surface area (Å²) in [6, 6.07) is 9.27. The SMILES string of the molecule is CC[C@@H](Nc1cccc(I)c1)C(=O)Nc1cc(C)on1. The Hall–Kier alpha value is -1.57. The Balaban J connectivity index is 2.02. The van der Waals surface area contributed by atoms with E-state index in [9.17, 15) is 4.79 Å². The second kappa shape index (κ2) is 6.74. The first-order chi connectivity index (χ1) is 9.58. The van der Waals surface area contributed by atoms with Gasteiger partial charge < -0.3 is 15.2 Å². The van der Waals surface area contributed by atoms with Crippen LogP contribution in [0.2, 0.25) is 0 Å². The lowest BCUT2D eigenvalue weighted by molar-refractivity contribution is -0.117. The fourth-order valence-electron chi connectivity index (χ4n) is 1.77. The van der Waals surface area contributed by atoms with Crippen LogP contribution >= 0.6 is 22.6 Å². The first kappa shape index (κ1) is 14.8. The van der Waals surface area contributed by atoms with Gasteiger partial charge in [0.05, 0.1) is 0 Å². The number of nitrogens with one attached hydrogen (secondary N) is 2. The van der Waals surface area contributed by atoms with Crippen LogP contribution in [0.5, 0.6) is 0 Å². The van der Waals surface area contributed by atoms with Crippen LogP contribution in [-0.4, -0.2) is 17.1 Å². The highest BCUT2D eigenvalue weighted by molar-refractivity contribution is 14.1. The molecule has 0 aliphatic carbocycles. The van der Waals surface area contributed by atoms with Gasteiger partial charge in [-0.3, -0.25) is 4.79 Å². The summed E-state index contributed by atoms with van der Waals surface area (Å²) < 4.78 is 6.05. The lowest BCUT2D eigenvalue weighted by Crippen LogP contribution is -2.34. The molecule has 1 aromatic carbocycles. The molecular formula is C14H16IN3O2. The molecule has 1 amide bonds. The quantitative estimate of drug-likeness (QED) is 0.775. The normalized spacial score (nSPS) is 11.9. The first-order valence-electron chi connectivity index (χ1n) is 6.34. The Morgan fingerprint density at radius 3 is 2.85 bits per heavy atom. The number of amides is 1. The third-order valence-corrected chi connectivity index (χ3v) is 3.44. The predicted octanol–water partition coefficient (Wildman–Crippen LogP) is 3.42. The van der Waals surface area contributed by atoms with Crippen molar-refractivity contribution < 1.29 is 9.32 Å². The van der Waals surface area contributed by atoms with E-state index < -0.39 is 0 Å². The molecule has 0 saturated heterocycles. The minimum atomic E-state index is -0.315. The number of carbonyl (C=O) groups excluding carboxylic acids is 1. The lowest BCUT2D eigenvalue weighted by atomic mass is 10.2. The van der Waals surface area contributed by atoms with E-state index >= 15 is 0 Å². The molecule has 106 valence electrons. The third kappa shape index (κ3) is 3.96. The summed E-state index contributed by atoms with van der Waals surface area (Å²) in [5, 5.41) is 9.72. The van der Waals surface area contributed by atoms with Gasteiger partial charge in [0.25, 0.3) is 0 Å². The maximum absolute atomic E-state index is 12.2. The van der Waals surface area contributed by atoms with Gasteiger partial charge in [0, 0.05) is 15.3 Å². The summed E-state index contributed by atoms with van der Waals surface area (Å²) >= 11 is 2.24. The molecule has 0 unspecified atom stereocenters. The van der Waals surface area contributed by atoms with Crippen molar-refractivity contribution in [1.82, 2.24) is 5.16 Å². The standard InChI is InChI=1S/C14H16IN3O2/c1-3-12(16-11-6-4-5-10(15)8-11)14(19)17-13-7-9(2)20-18-13/h4-8,12,16H,3H2,1-2H3,(H,17,18,19)/t12-/m1/s1. The molecule has 2 N–H and O–H groups in total. The van der Waals surface area contributed by atoms with Crippen LogP contribution in [-0.2, 0) is 4.79 Å². The van der Waals surface area contributed by atoms with E-state index in [1.165, 1.54) is 0 Å². The van der Waals surface area contributed by atoms with Crippen molar-refractivity contribution in [3.05, 3.63) is 39.7 Å². The van der Waals surface area contributed by atoms with Crippen LogP contribution in [0.3, 0.4) is 0 Å². The number of carbonyl (C=O) groups is 1. The monoisotopic (exact) mass is 385 g/mol. The molecule has 0 spiro atoms. The number of hydrogen-bond acceptors (Lipinski definition) is 4. The van der Waals surface area contributed by atoms with Gasteiger partial charge in [0.15, 0.2) is 5.82 Å². The van der Waals surface area contributed by atoms with E-state index in [1.807, 2.05) is 31.2 Å². The highest BCUT2D eigenvalue weighted by atomic mass is 127. The molecule has 20 heavy (non-hydrogen) atoms. The molecule has 6 heteroatoms. The number of halogens is 1. The number of aromatic nitrogens is 1. The number of anilines is 2. The molecule has 2 aromatic rings. The summed E-state index contributed by atoms with van der Waals surface area (Å²) in [4.78, 5) is 12.2. The number of aryl methyl sites for hydroxylation is 1. The number of nitrogens with zero attached hydrogens (tertiary/aromatic N) is 1. The van der Waals surface area contributed by atoms with Crippen LogP contribution in [0.1, 0.15) is 19.1 Å². The van der Waals surface area contributed by atoms with E-state index in [-0.39, 0.29) is 11.9 Å². The number of rotatable bonds is 5. The van der Waals surface area contributed by atoms with Gasteiger partial charge in [0.2, 0.25) is 5.91 Å². The predicted molar refractivity (Wildman–Crippen MR) is 86.7 cm³/mol. The van der Waals surface area contributed by atoms with E-state index in [1.54, 1.807) is 13.0 Å². The average Bonchev–Trinajstić information content (AvgIpc) is 2.81. The van der Waals surface area contributed by atoms with Crippen LogP contribution in [0.4, 0.5) is 11.5 Å². The molecule has 0 radical (unpaired) electrons. The van der Waals surface area contributed by atoms with Crippen LogP contribution in [0.25, 0.3) is 0 Å². The van der Waals surface area contributed by atoms with Crippen LogP contribution in [0.15, 0.2) is 34.9 Å². The second-order valence-electron chi connectivity index (χ2n) is 4.43. The van der Waals surface area contributed by atoms with Crippen molar-refractivity contribution in [2.75, 3.05) is 10.6 Å². The summed E-state index contributed by atoms with van der Waals surface area (Å²) in [5.41, 5.74) is 0.926. The van der Waals surface area contributed by atoms with Crippen molar-refractivity contribution in [2.45, 2.75) is 26.3 Å². The molecule has 2 rings (SSSR count). The summed E-state index contributed by atoms with van der Waals surface area (Å²) in [7, 11) is 0. The largest absolute Gasteiger partial charge is 0.374 e. The van der Waals surface area contributed by atoms with E-state index in [4.69, 9.17) is 4.52 Å². The van der Waals surface area contributed by atoms with Crippen molar-refractivity contribution in [3.8, 4) is 0 Å². The van der Waals surface area contributed by atoms with Gasteiger partial charge in [-0.2, -0.15) is 0 Å². The summed E-state index contributed by atoms with van der Waals surface area (Å²) in [5.74, 6) is 0.981. The molecule has 1 aromatic heterocycles. The molecule has 0 fully saturated rings. The Labute approximate surface area is 131 Å². The van der Waals surface area contributed by atoms with Crippen molar-refractivity contribution in [1.29, 1.82) is 0 Å².